The molecule has 160 valence electrons. The fourth-order valence-electron chi connectivity index (χ4n) is 3.72. The van der Waals surface area contributed by atoms with Crippen LogP contribution in [0.4, 0.5) is 5.00 Å². The smallest absolute Gasteiger partial charge is 0.246 e. The van der Waals surface area contributed by atoms with Gasteiger partial charge in [0.25, 0.3) is 0 Å². The Morgan fingerprint density at radius 1 is 1.00 bits per heavy atom. The minimum atomic E-state index is -0.0892. The van der Waals surface area contributed by atoms with Gasteiger partial charge in [-0.05, 0) is 54.9 Å². The van der Waals surface area contributed by atoms with Crippen LogP contribution in [0.5, 0.6) is 0 Å². The van der Waals surface area contributed by atoms with Gasteiger partial charge in [0.1, 0.15) is 11.5 Å². The SMILES string of the molecule is CC(C)CCc1ccc(CCc2cc3c(s2)NC(=O)CN=C3c2ccccc2Cl)cc1. The van der Waals surface area contributed by atoms with Crippen molar-refractivity contribution in [3.8, 4) is 0 Å². The quantitative estimate of drug-likeness (QED) is 0.434. The van der Waals surface area contributed by atoms with Crippen molar-refractivity contribution < 1.29 is 4.79 Å². The molecule has 1 N–H and O–H groups in total. The summed E-state index contributed by atoms with van der Waals surface area (Å²) < 4.78 is 0. The van der Waals surface area contributed by atoms with Gasteiger partial charge in [0.05, 0.1) is 5.71 Å². The van der Waals surface area contributed by atoms with Crippen LogP contribution in [0.2, 0.25) is 5.02 Å². The van der Waals surface area contributed by atoms with Crippen LogP contribution in [0.3, 0.4) is 0 Å². The number of nitrogens with zero attached hydrogens (tertiary/aromatic N) is 1. The second kappa shape index (κ2) is 9.80. The summed E-state index contributed by atoms with van der Waals surface area (Å²) in [6, 6.07) is 18.8. The molecule has 0 fully saturated rings. The van der Waals surface area contributed by atoms with Crippen molar-refractivity contribution >= 4 is 39.6 Å². The van der Waals surface area contributed by atoms with Gasteiger partial charge in [0, 0.05) is 21.0 Å². The lowest BCUT2D eigenvalue weighted by Crippen LogP contribution is -2.12. The van der Waals surface area contributed by atoms with E-state index in [1.807, 2.05) is 24.3 Å². The fourth-order valence-corrected chi connectivity index (χ4v) is 5.01. The van der Waals surface area contributed by atoms with E-state index in [9.17, 15) is 4.79 Å². The molecule has 0 radical (unpaired) electrons. The number of aryl methyl sites for hydroxylation is 3. The number of carbonyl (C=O) groups is 1. The van der Waals surface area contributed by atoms with E-state index in [0.29, 0.717) is 5.02 Å². The number of carbonyl (C=O) groups excluding carboxylic acids is 1. The Balaban J connectivity index is 1.50. The number of fused-ring (bicyclic) bond motifs is 1. The topological polar surface area (TPSA) is 41.5 Å². The molecule has 0 aliphatic carbocycles. The second-order valence-corrected chi connectivity index (χ2v) is 9.94. The zero-order chi connectivity index (χ0) is 21.8. The van der Waals surface area contributed by atoms with Gasteiger partial charge in [-0.3, -0.25) is 9.79 Å². The van der Waals surface area contributed by atoms with Crippen LogP contribution >= 0.6 is 22.9 Å². The Kier molecular flexibility index (Phi) is 6.89. The highest BCUT2D eigenvalue weighted by Crippen LogP contribution is 2.34. The molecule has 0 bridgehead atoms. The molecule has 31 heavy (non-hydrogen) atoms. The lowest BCUT2D eigenvalue weighted by atomic mass is 10.00. The summed E-state index contributed by atoms with van der Waals surface area (Å²) in [5, 5.41) is 4.52. The third-order valence-electron chi connectivity index (χ3n) is 5.49. The monoisotopic (exact) mass is 450 g/mol. The average molecular weight is 451 g/mol. The first kappa shape index (κ1) is 21.8. The number of hydrogen-bond donors (Lipinski definition) is 1. The molecule has 3 nitrogen and oxygen atoms in total. The number of aliphatic imine (C=N–C) groups is 1. The summed E-state index contributed by atoms with van der Waals surface area (Å²) in [7, 11) is 0. The van der Waals surface area contributed by atoms with E-state index in [1.54, 1.807) is 11.3 Å². The van der Waals surface area contributed by atoms with E-state index in [0.717, 1.165) is 47.0 Å². The Morgan fingerprint density at radius 3 is 2.42 bits per heavy atom. The molecule has 5 heteroatoms. The van der Waals surface area contributed by atoms with E-state index in [4.69, 9.17) is 11.6 Å². The van der Waals surface area contributed by atoms with Crippen LogP contribution in [0.15, 0.2) is 59.6 Å². The first-order chi connectivity index (χ1) is 15.0. The van der Waals surface area contributed by atoms with Gasteiger partial charge in [-0.15, -0.1) is 11.3 Å². The van der Waals surface area contributed by atoms with Gasteiger partial charge in [-0.25, -0.2) is 0 Å². The molecular formula is C26H27ClN2OS. The maximum atomic E-state index is 12.2. The highest BCUT2D eigenvalue weighted by Gasteiger charge is 2.22. The summed E-state index contributed by atoms with van der Waals surface area (Å²) >= 11 is 8.07. The Morgan fingerprint density at radius 2 is 1.71 bits per heavy atom. The van der Waals surface area contributed by atoms with Crippen molar-refractivity contribution in [2.45, 2.75) is 39.5 Å². The molecule has 4 rings (SSSR count). The molecule has 0 saturated carbocycles. The lowest BCUT2D eigenvalue weighted by molar-refractivity contribution is -0.114. The van der Waals surface area contributed by atoms with Crippen LogP contribution < -0.4 is 5.32 Å². The summed E-state index contributed by atoms with van der Waals surface area (Å²) in [6.07, 6.45) is 4.26. The van der Waals surface area contributed by atoms with Crippen molar-refractivity contribution in [1.82, 2.24) is 0 Å². The average Bonchev–Trinajstić information content (AvgIpc) is 3.08. The van der Waals surface area contributed by atoms with Crippen LogP contribution in [0.1, 0.15) is 47.4 Å². The maximum Gasteiger partial charge on any atom is 0.246 e. The largest absolute Gasteiger partial charge is 0.316 e. The van der Waals surface area contributed by atoms with Gasteiger partial charge in [-0.2, -0.15) is 0 Å². The predicted molar refractivity (Wildman–Crippen MR) is 132 cm³/mol. The minimum absolute atomic E-state index is 0.0892. The third-order valence-corrected chi connectivity index (χ3v) is 6.93. The predicted octanol–water partition coefficient (Wildman–Crippen LogP) is 6.56. The number of halogens is 1. The summed E-state index contributed by atoms with van der Waals surface area (Å²) in [5.41, 5.74) is 5.35. The second-order valence-electron chi connectivity index (χ2n) is 8.40. The number of thiophene rings is 1. The first-order valence-electron chi connectivity index (χ1n) is 10.8. The van der Waals surface area contributed by atoms with Crippen LogP contribution in [0, 0.1) is 5.92 Å². The molecule has 0 unspecified atom stereocenters. The molecule has 0 spiro atoms. The number of rotatable bonds is 7. The highest BCUT2D eigenvalue weighted by atomic mass is 35.5. The van der Waals surface area contributed by atoms with Crippen molar-refractivity contribution in [2.24, 2.45) is 10.9 Å². The highest BCUT2D eigenvalue weighted by molar-refractivity contribution is 7.16. The lowest BCUT2D eigenvalue weighted by Gasteiger charge is -2.07. The minimum Gasteiger partial charge on any atom is -0.316 e. The van der Waals surface area contributed by atoms with Gasteiger partial charge in [0.2, 0.25) is 5.91 Å². The summed E-state index contributed by atoms with van der Waals surface area (Å²) in [5.74, 6) is 0.641. The summed E-state index contributed by atoms with van der Waals surface area (Å²) in [4.78, 5) is 18.0. The zero-order valence-electron chi connectivity index (χ0n) is 18.0. The fraction of sp³-hybridized carbons (Fsp3) is 0.308. The number of hydrogen-bond acceptors (Lipinski definition) is 3. The standard InChI is InChI=1S/C26H27ClN2OS/c1-17(2)7-8-18-9-11-19(12-10-18)13-14-20-15-22-25(21-5-3-4-6-23(21)27)28-16-24(30)29-26(22)31-20/h3-6,9-12,15,17H,7-8,13-14,16H2,1-2H3,(H,29,30). The van der Waals surface area contributed by atoms with E-state index >= 15 is 0 Å². The van der Waals surface area contributed by atoms with Gasteiger partial charge in [0.15, 0.2) is 0 Å². The van der Waals surface area contributed by atoms with E-state index in [1.165, 1.54) is 22.4 Å². The normalized spacial score (nSPS) is 13.5. The maximum absolute atomic E-state index is 12.2. The number of amides is 1. The van der Waals surface area contributed by atoms with Crippen molar-refractivity contribution in [2.75, 3.05) is 11.9 Å². The molecule has 1 aromatic heterocycles. The first-order valence-corrected chi connectivity index (χ1v) is 12.0. The Bertz CT molecular complexity index is 1100. The number of anilines is 1. The zero-order valence-corrected chi connectivity index (χ0v) is 19.5. The van der Waals surface area contributed by atoms with Crippen molar-refractivity contribution in [3.05, 3.63) is 86.8 Å². The molecule has 1 aliphatic heterocycles. The van der Waals surface area contributed by atoms with Gasteiger partial charge < -0.3 is 5.32 Å². The van der Waals surface area contributed by atoms with Crippen molar-refractivity contribution in [3.63, 3.8) is 0 Å². The van der Waals surface area contributed by atoms with E-state index in [2.05, 4.69) is 54.5 Å². The third kappa shape index (κ3) is 5.44. The number of benzene rings is 2. The van der Waals surface area contributed by atoms with Crippen LogP contribution in [0.25, 0.3) is 0 Å². The molecule has 1 aliphatic rings. The van der Waals surface area contributed by atoms with E-state index < -0.39 is 0 Å². The summed E-state index contributed by atoms with van der Waals surface area (Å²) in [6.45, 7) is 4.64. The molecular weight excluding hydrogens is 424 g/mol. The molecule has 0 atom stereocenters. The molecule has 0 saturated heterocycles. The Labute approximate surface area is 193 Å². The number of nitrogens with one attached hydrogen (secondary N) is 1. The Hall–Kier alpha value is -2.43. The van der Waals surface area contributed by atoms with Crippen LogP contribution in [-0.2, 0) is 24.1 Å². The molecule has 2 heterocycles. The van der Waals surface area contributed by atoms with E-state index in [-0.39, 0.29) is 12.5 Å². The molecule has 1 amide bonds. The van der Waals surface area contributed by atoms with Gasteiger partial charge >= 0.3 is 0 Å². The molecule has 3 aromatic rings. The van der Waals surface area contributed by atoms with Crippen LogP contribution in [-0.4, -0.2) is 18.2 Å². The molecule has 2 aromatic carbocycles. The van der Waals surface area contributed by atoms with Crippen molar-refractivity contribution in [1.29, 1.82) is 0 Å². The van der Waals surface area contributed by atoms with Gasteiger partial charge in [-0.1, -0.05) is 67.9 Å².